The Kier molecular flexibility index (Phi) is 2.00. The number of hydrogen-bond donors (Lipinski definition) is 1. The Labute approximate surface area is 82.2 Å². The summed E-state index contributed by atoms with van der Waals surface area (Å²) in [7, 11) is 0. The molecule has 0 saturated carbocycles. The van der Waals surface area contributed by atoms with Crippen LogP contribution >= 0.6 is 12.6 Å². The summed E-state index contributed by atoms with van der Waals surface area (Å²) in [6.45, 7) is 4.16. The van der Waals surface area contributed by atoms with Gasteiger partial charge in [0.2, 0.25) is 0 Å². The maximum atomic E-state index is 4.31. The Bertz CT molecular complexity index is 433. The largest absolute Gasteiger partial charge is 0.244 e. The van der Waals surface area contributed by atoms with Gasteiger partial charge in [-0.25, -0.2) is 9.67 Å². The number of aromatic nitrogens is 3. The number of fused-ring (bicyclic) bond motifs is 1. The van der Waals surface area contributed by atoms with E-state index in [0.717, 1.165) is 16.1 Å². The van der Waals surface area contributed by atoms with Crippen molar-refractivity contribution in [2.24, 2.45) is 0 Å². The van der Waals surface area contributed by atoms with Crippen molar-refractivity contribution in [1.82, 2.24) is 14.8 Å². The Morgan fingerprint density at radius 3 is 2.92 bits per heavy atom. The highest BCUT2D eigenvalue weighted by atomic mass is 32.1. The fraction of sp³-hybridized carbons (Fsp3) is 0.333. The van der Waals surface area contributed by atoms with Crippen LogP contribution in [0, 0.1) is 0 Å². The first-order valence-corrected chi connectivity index (χ1v) is 4.67. The van der Waals surface area contributed by atoms with E-state index in [1.807, 2.05) is 16.8 Å². The van der Waals surface area contributed by atoms with Gasteiger partial charge < -0.3 is 0 Å². The van der Waals surface area contributed by atoms with Crippen LogP contribution in [0.1, 0.15) is 19.9 Å². The molecule has 0 aromatic carbocycles. The summed E-state index contributed by atoms with van der Waals surface area (Å²) in [4.78, 5) is 4.27. The molecule has 0 aliphatic rings. The molecule has 0 fully saturated rings. The van der Waals surface area contributed by atoms with Gasteiger partial charge in [0.15, 0.2) is 5.65 Å². The van der Waals surface area contributed by atoms with Crippen LogP contribution in [0.5, 0.6) is 0 Å². The SMILES string of the molecule is CC(C)n1nc(S)c2cccnc21. The minimum absolute atomic E-state index is 0.318. The summed E-state index contributed by atoms with van der Waals surface area (Å²) in [5.41, 5.74) is 0.905. The van der Waals surface area contributed by atoms with E-state index in [1.165, 1.54) is 0 Å². The van der Waals surface area contributed by atoms with Gasteiger partial charge in [0, 0.05) is 12.2 Å². The minimum atomic E-state index is 0.318. The number of nitrogens with zero attached hydrogens (tertiary/aromatic N) is 3. The summed E-state index contributed by atoms with van der Waals surface area (Å²) in [6.07, 6.45) is 1.77. The lowest BCUT2D eigenvalue weighted by atomic mass is 10.3. The van der Waals surface area contributed by atoms with Crippen molar-refractivity contribution in [3.8, 4) is 0 Å². The van der Waals surface area contributed by atoms with Crippen molar-refractivity contribution in [2.45, 2.75) is 24.9 Å². The standard InChI is InChI=1S/C9H11N3S/c1-6(2)12-8-7(9(13)11-12)4-3-5-10-8/h3-6H,1-2H3,(H,11,13). The van der Waals surface area contributed by atoms with Gasteiger partial charge >= 0.3 is 0 Å². The van der Waals surface area contributed by atoms with Crippen LogP contribution in [0.2, 0.25) is 0 Å². The fourth-order valence-corrected chi connectivity index (χ4v) is 1.59. The third-order valence-corrected chi connectivity index (χ3v) is 2.27. The van der Waals surface area contributed by atoms with Gasteiger partial charge in [0.05, 0.1) is 5.39 Å². The minimum Gasteiger partial charge on any atom is -0.244 e. The van der Waals surface area contributed by atoms with E-state index in [1.54, 1.807) is 6.20 Å². The topological polar surface area (TPSA) is 30.7 Å². The molecule has 0 unspecified atom stereocenters. The van der Waals surface area contributed by atoms with Crippen molar-refractivity contribution in [2.75, 3.05) is 0 Å². The van der Waals surface area contributed by atoms with Crippen molar-refractivity contribution in [3.63, 3.8) is 0 Å². The van der Waals surface area contributed by atoms with Gasteiger partial charge in [-0.3, -0.25) is 0 Å². The van der Waals surface area contributed by atoms with Crippen LogP contribution in [-0.2, 0) is 0 Å². The van der Waals surface area contributed by atoms with Crippen molar-refractivity contribution in [3.05, 3.63) is 18.3 Å². The summed E-state index contributed by atoms with van der Waals surface area (Å²) < 4.78 is 1.89. The quantitative estimate of drug-likeness (QED) is 0.704. The second-order valence-electron chi connectivity index (χ2n) is 3.24. The molecule has 68 valence electrons. The highest BCUT2D eigenvalue weighted by Crippen LogP contribution is 2.21. The molecule has 0 spiro atoms. The lowest BCUT2D eigenvalue weighted by Crippen LogP contribution is -2.03. The molecule has 0 saturated heterocycles. The van der Waals surface area contributed by atoms with E-state index >= 15 is 0 Å². The smallest absolute Gasteiger partial charge is 0.159 e. The highest BCUT2D eigenvalue weighted by molar-refractivity contribution is 7.80. The number of hydrogen-bond acceptors (Lipinski definition) is 3. The molecule has 13 heavy (non-hydrogen) atoms. The van der Waals surface area contributed by atoms with Crippen LogP contribution in [0.15, 0.2) is 23.4 Å². The average Bonchev–Trinajstić information content (AvgIpc) is 2.45. The molecule has 2 aromatic heterocycles. The Hall–Kier alpha value is -1.03. The first-order valence-electron chi connectivity index (χ1n) is 4.22. The van der Waals surface area contributed by atoms with Gasteiger partial charge in [0.25, 0.3) is 0 Å². The summed E-state index contributed by atoms with van der Waals surface area (Å²) in [5.74, 6) is 0. The predicted octanol–water partition coefficient (Wildman–Crippen LogP) is 2.30. The predicted molar refractivity (Wildman–Crippen MR) is 55.2 cm³/mol. The molecule has 0 atom stereocenters. The molecule has 0 aliphatic heterocycles. The third kappa shape index (κ3) is 1.31. The number of pyridine rings is 1. The van der Waals surface area contributed by atoms with Crippen LogP contribution < -0.4 is 0 Å². The first-order chi connectivity index (χ1) is 6.20. The normalized spacial score (nSPS) is 11.4. The molecule has 2 aromatic rings. The number of rotatable bonds is 1. The van der Waals surface area contributed by atoms with E-state index in [2.05, 4.69) is 36.6 Å². The average molecular weight is 193 g/mol. The second kappa shape index (κ2) is 3.03. The van der Waals surface area contributed by atoms with Gasteiger partial charge in [0.1, 0.15) is 5.03 Å². The molecule has 0 N–H and O–H groups in total. The van der Waals surface area contributed by atoms with E-state index < -0.39 is 0 Å². The molecule has 2 heterocycles. The van der Waals surface area contributed by atoms with Gasteiger partial charge in [-0.2, -0.15) is 5.10 Å². The van der Waals surface area contributed by atoms with Crippen LogP contribution in [0.3, 0.4) is 0 Å². The fourth-order valence-electron chi connectivity index (χ4n) is 1.32. The lowest BCUT2D eigenvalue weighted by Gasteiger charge is -2.04. The monoisotopic (exact) mass is 193 g/mol. The van der Waals surface area contributed by atoms with Crippen molar-refractivity contribution in [1.29, 1.82) is 0 Å². The third-order valence-electron chi connectivity index (χ3n) is 1.94. The maximum Gasteiger partial charge on any atom is 0.159 e. The van der Waals surface area contributed by atoms with Crippen LogP contribution in [-0.4, -0.2) is 14.8 Å². The molecule has 0 aliphatic carbocycles. The molecule has 3 nitrogen and oxygen atoms in total. The summed E-state index contributed by atoms with van der Waals surface area (Å²) in [5, 5.41) is 6.07. The molecule has 0 amide bonds. The highest BCUT2D eigenvalue weighted by Gasteiger charge is 2.09. The molecule has 0 bridgehead atoms. The molecular weight excluding hydrogens is 182 g/mol. The van der Waals surface area contributed by atoms with Gasteiger partial charge in [-0.1, -0.05) is 0 Å². The second-order valence-corrected chi connectivity index (χ2v) is 3.66. The van der Waals surface area contributed by atoms with Crippen molar-refractivity contribution >= 4 is 23.7 Å². The Morgan fingerprint density at radius 2 is 2.23 bits per heavy atom. The van der Waals surface area contributed by atoms with Crippen LogP contribution in [0.25, 0.3) is 11.0 Å². The van der Waals surface area contributed by atoms with Crippen LogP contribution in [0.4, 0.5) is 0 Å². The zero-order valence-corrected chi connectivity index (χ0v) is 8.49. The lowest BCUT2D eigenvalue weighted by molar-refractivity contribution is 0.535. The van der Waals surface area contributed by atoms with E-state index in [9.17, 15) is 0 Å². The maximum absolute atomic E-state index is 4.31. The molecular formula is C9H11N3S. The first kappa shape index (κ1) is 8.56. The summed E-state index contributed by atoms with van der Waals surface area (Å²) in [6, 6.07) is 4.20. The van der Waals surface area contributed by atoms with E-state index in [-0.39, 0.29) is 0 Å². The van der Waals surface area contributed by atoms with E-state index in [0.29, 0.717) is 6.04 Å². The van der Waals surface area contributed by atoms with Crippen molar-refractivity contribution < 1.29 is 0 Å². The zero-order chi connectivity index (χ0) is 9.42. The van der Waals surface area contributed by atoms with Gasteiger partial charge in [-0.15, -0.1) is 12.6 Å². The zero-order valence-electron chi connectivity index (χ0n) is 7.60. The molecule has 4 heteroatoms. The van der Waals surface area contributed by atoms with E-state index in [4.69, 9.17) is 0 Å². The molecule has 0 radical (unpaired) electrons. The Morgan fingerprint density at radius 1 is 1.46 bits per heavy atom. The number of thiol groups is 1. The summed E-state index contributed by atoms with van der Waals surface area (Å²) >= 11 is 4.29. The van der Waals surface area contributed by atoms with Gasteiger partial charge in [-0.05, 0) is 26.0 Å². The Balaban J connectivity index is 2.78. The molecule has 2 rings (SSSR count).